The molecule has 0 unspecified atom stereocenters. The molecule has 0 saturated carbocycles. The molecule has 7 aromatic heterocycles. The van der Waals surface area contributed by atoms with E-state index in [1.807, 2.05) is 65.5 Å². The highest BCUT2D eigenvalue weighted by molar-refractivity contribution is 7.14. The number of carbonyl (C=O) groups is 3. The molecule has 0 aliphatic heterocycles. The van der Waals surface area contributed by atoms with E-state index in [1.54, 1.807) is 61.4 Å². The number of nitro groups is 2. The van der Waals surface area contributed by atoms with Gasteiger partial charge in [-0.2, -0.15) is 27.0 Å². The second-order valence-electron chi connectivity index (χ2n) is 17.3. The number of pyridine rings is 1. The SMILES string of the molecule is CC(C)n1nccc1-c1ncccc1COc1ccc2sncc2c1C=O.Nc1ccc2sncc2c1.O=Cc1c(O)ccc2sncc12.O=Cc1cc([N+](=O)[O-])ccc1F.O=[N+]([O-])c1ccc2sncc2c1.Oc1ccc2sncc2c1. The molecule has 13 aromatic rings. The van der Waals surface area contributed by atoms with Gasteiger partial charge < -0.3 is 20.7 Å². The molecule has 0 spiro atoms. The molecular weight excluding hydrogens is 1170 g/mol. The third-order valence-electron chi connectivity index (χ3n) is 11.6. The molecular formula is C56H42FN11O10S5. The summed E-state index contributed by atoms with van der Waals surface area (Å²) in [6, 6.07) is 31.6. The number of rotatable bonds is 10. The lowest BCUT2D eigenvalue weighted by Crippen LogP contribution is -2.08. The van der Waals surface area contributed by atoms with Gasteiger partial charge in [0.05, 0.1) is 61.4 Å². The predicted octanol–water partition coefficient (Wildman–Crippen LogP) is 14.0. The van der Waals surface area contributed by atoms with Gasteiger partial charge in [0.15, 0.2) is 18.9 Å². The van der Waals surface area contributed by atoms with Gasteiger partial charge in [-0.25, -0.2) is 4.39 Å². The highest BCUT2D eigenvalue weighted by atomic mass is 32.1. The van der Waals surface area contributed by atoms with Gasteiger partial charge in [-0.3, -0.25) is 44.3 Å². The van der Waals surface area contributed by atoms with Gasteiger partial charge in [0.25, 0.3) is 11.4 Å². The Hall–Kier alpha value is -9.93. The van der Waals surface area contributed by atoms with Gasteiger partial charge in [-0.15, -0.1) is 0 Å². The number of aromatic hydroxyl groups is 2. The second kappa shape index (κ2) is 28.0. The lowest BCUT2D eigenvalue weighted by molar-refractivity contribution is -0.385. The lowest BCUT2D eigenvalue weighted by atomic mass is 10.1. The van der Waals surface area contributed by atoms with E-state index in [0.717, 1.165) is 92.9 Å². The number of phenolic OH excluding ortho intramolecular Hbond substituents is 2. The van der Waals surface area contributed by atoms with E-state index in [1.165, 1.54) is 80.6 Å². The number of hydrogen-bond donors (Lipinski definition) is 3. The van der Waals surface area contributed by atoms with Gasteiger partial charge in [0, 0.05) is 112 Å². The average molecular weight is 1210 g/mol. The van der Waals surface area contributed by atoms with E-state index in [9.17, 15) is 44.1 Å². The quantitative estimate of drug-likeness (QED) is 0.0496. The number of ether oxygens (including phenoxy) is 1. The standard InChI is InChI=1S/C20H18N4O2S.C8H5NO2S.C7H4FNO3.C7H4N2O2S.C7H6N2S.C7H5NOS/c1-13(2)24-17(7-9-22-24)20-14(4-3-8-21-20)12-26-18-5-6-19-15(10-23-27-19)16(18)11-25;10-4-6-5-3-9-12-8(5)2-1-7(6)11;8-7-2-1-6(9(11)12)3-5(7)4-10;10-9(11)6-1-2-7-5(3-6)4-8-12-7;8-6-1-2-7-5(3-6)4-9-10-7;9-6-1-2-7-5(3-6)4-8-10-7/h3-11,13H,12H2,1-2H3;1-4,11H;2*1-4H;1-4H,8H2;1-4,9H. The van der Waals surface area contributed by atoms with Crippen LogP contribution in [0.1, 0.15) is 56.5 Å². The summed E-state index contributed by atoms with van der Waals surface area (Å²) in [5.41, 5.74) is 9.43. The summed E-state index contributed by atoms with van der Waals surface area (Å²) in [5, 5.41) is 47.7. The van der Waals surface area contributed by atoms with Crippen molar-refractivity contribution in [1.82, 2.24) is 36.6 Å². The van der Waals surface area contributed by atoms with Crippen LogP contribution < -0.4 is 10.5 Å². The lowest BCUT2D eigenvalue weighted by Gasteiger charge is -2.14. The van der Waals surface area contributed by atoms with Crippen LogP contribution in [0.15, 0.2) is 159 Å². The van der Waals surface area contributed by atoms with E-state index in [4.69, 9.17) is 15.6 Å². The normalized spacial score (nSPS) is 10.5. The zero-order valence-electron chi connectivity index (χ0n) is 43.2. The number of nitrogens with two attached hydrogens (primary N) is 1. The van der Waals surface area contributed by atoms with Crippen LogP contribution in [0.25, 0.3) is 61.8 Å². The van der Waals surface area contributed by atoms with Crippen molar-refractivity contribution < 1.29 is 43.6 Å². The van der Waals surface area contributed by atoms with E-state index >= 15 is 0 Å². The summed E-state index contributed by atoms with van der Waals surface area (Å²) in [6.45, 7) is 4.46. The van der Waals surface area contributed by atoms with Gasteiger partial charge in [0.2, 0.25) is 0 Å². The first-order chi connectivity index (χ1) is 40.1. The minimum atomic E-state index is -0.754. The molecule has 21 nitrogen and oxygen atoms in total. The topological polar surface area (TPSA) is 308 Å². The molecule has 13 rings (SSSR count). The number of benzene rings is 6. The molecule has 27 heteroatoms. The number of aromatic nitrogens is 8. The zero-order chi connectivity index (χ0) is 59.0. The molecule has 0 aliphatic rings. The van der Waals surface area contributed by atoms with E-state index in [2.05, 4.69) is 45.8 Å². The van der Waals surface area contributed by atoms with Crippen molar-refractivity contribution in [1.29, 1.82) is 0 Å². The summed E-state index contributed by atoms with van der Waals surface area (Å²) in [4.78, 5) is 56.2. The summed E-state index contributed by atoms with van der Waals surface area (Å²) in [6.07, 6.45) is 13.7. The van der Waals surface area contributed by atoms with Crippen molar-refractivity contribution in [2.45, 2.75) is 26.5 Å². The van der Waals surface area contributed by atoms with Gasteiger partial charge in [-0.1, -0.05) is 6.07 Å². The number of nitrogens with zero attached hydrogens (tertiary/aromatic N) is 10. The Morgan fingerprint density at radius 3 is 1.80 bits per heavy atom. The smallest absolute Gasteiger partial charge is 0.270 e. The fraction of sp³-hybridized carbons (Fsp3) is 0.0714. The summed E-state index contributed by atoms with van der Waals surface area (Å²) in [5.74, 6) is 0.103. The van der Waals surface area contributed by atoms with Crippen molar-refractivity contribution in [2.24, 2.45) is 0 Å². The van der Waals surface area contributed by atoms with Crippen LogP contribution in [0.2, 0.25) is 0 Å². The third-order valence-corrected chi connectivity index (χ3v) is 15.5. The van der Waals surface area contributed by atoms with Crippen LogP contribution >= 0.6 is 57.7 Å². The number of phenols is 2. The van der Waals surface area contributed by atoms with Crippen molar-refractivity contribution in [3.63, 3.8) is 0 Å². The molecule has 0 bridgehead atoms. The number of halogens is 1. The van der Waals surface area contributed by atoms with Crippen molar-refractivity contribution in [2.75, 3.05) is 5.73 Å². The Balaban J connectivity index is 0.000000137. The van der Waals surface area contributed by atoms with Crippen LogP contribution in [0.5, 0.6) is 17.2 Å². The fourth-order valence-corrected chi connectivity index (χ4v) is 10.8. The Morgan fingerprint density at radius 2 is 1.17 bits per heavy atom. The first-order valence-corrected chi connectivity index (χ1v) is 28.0. The largest absolute Gasteiger partial charge is 0.508 e. The maximum absolute atomic E-state index is 12.6. The number of hydrogen-bond acceptors (Lipinski definition) is 23. The number of nitro benzene ring substituents is 2. The molecule has 0 saturated heterocycles. The second-order valence-corrected chi connectivity index (χ2v) is 21.5. The first kappa shape index (κ1) is 59.2. The van der Waals surface area contributed by atoms with Crippen molar-refractivity contribution in [3.05, 3.63) is 207 Å². The van der Waals surface area contributed by atoms with Gasteiger partial charge in [0.1, 0.15) is 29.7 Å². The molecule has 0 atom stereocenters. The van der Waals surface area contributed by atoms with Crippen LogP contribution in [0.3, 0.4) is 0 Å². The molecule has 7 heterocycles. The molecule has 0 fully saturated rings. The maximum atomic E-state index is 12.6. The highest BCUT2D eigenvalue weighted by Crippen LogP contribution is 2.32. The minimum absolute atomic E-state index is 0.0118. The number of fused-ring (bicyclic) bond motifs is 5. The summed E-state index contributed by atoms with van der Waals surface area (Å²) in [7, 11) is 0. The fourth-order valence-electron chi connectivity index (χ4n) is 7.58. The number of aldehydes is 3. The van der Waals surface area contributed by atoms with Gasteiger partial charge in [-0.05, 0) is 156 Å². The monoisotopic (exact) mass is 1210 g/mol. The van der Waals surface area contributed by atoms with Crippen molar-refractivity contribution >= 4 is 144 Å². The first-order valence-electron chi connectivity index (χ1n) is 24.1. The summed E-state index contributed by atoms with van der Waals surface area (Å²) < 4.78 is 45.7. The number of carbonyl (C=O) groups excluding carboxylic acids is 3. The van der Waals surface area contributed by atoms with Crippen LogP contribution in [0, 0.1) is 26.0 Å². The predicted molar refractivity (Wildman–Crippen MR) is 322 cm³/mol. The van der Waals surface area contributed by atoms with Crippen LogP contribution in [0.4, 0.5) is 21.5 Å². The number of non-ortho nitro benzene ring substituents is 2. The molecule has 0 amide bonds. The molecule has 418 valence electrons. The van der Waals surface area contributed by atoms with Crippen LogP contribution in [-0.2, 0) is 6.61 Å². The minimum Gasteiger partial charge on any atom is -0.508 e. The average Bonchev–Trinajstić information content (AvgIpc) is 4.53. The summed E-state index contributed by atoms with van der Waals surface area (Å²) >= 11 is 6.93. The van der Waals surface area contributed by atoms with E-state index < -0.39 is 15.7 Å². The Labute approximate surface area is 489 Å². The highest BCUT2D eigenvalue weighted by Gasteiger charge is 2.16. The number of nitrogen functional groups attached to an aromatic ring is 1. The molecule has 4 N–H and O–H groups in total. The van der Waals surface area contributed by atoms with Crippen molar-refractivity contribution in [3.8, 4) is 28.6 Å². The zero-order valence-corrected chi connectivity index (χ0v) is 47.2. The Kier molecular flexibility index (Phi) is 20.0. The van der Waals surface area contributed by atoms with Crippen LogP contribution in [-0.4, -0.2) is 75.6 Å². The molecule has 0 radical (unpaired) electrons. The molecule has 83 heavy (non-hydrogen) atoms. The number of anilines is 1. The maximum Gasteiger partial charge on any atom is 0.270 e. The van der Waals surface area contributed by atoms with E-state index in [-0.39, 0.29) is 35.0 Å². The Bertz CT molecular complexity index is 4340. The molecule has 0 aliphatic carbocycles. The third kappa shape index (κ3) is 14.9. The molecule has 6 aromatic carbocycles. The van der Waals surface area contributed by atoms with Gasteiger partial charge >= 0.3 is 0 Å². The Morgan fingerprint density at radius 1 is 0.627 bits per heavy atom. The van der Waals surface area contributed by atoms with E-state index in [0.29, 0.717) is 35.5 Å².